The van der Waals surface area contributed by atoms with Crippen LogP contribution in [0.5, 0.6) is 5.75 Å². The highest BCUT2D eigenvalue weighted by molar-refractivity contribution is 5.89. The number of nitrogens with zero attached hydrogens (tertiary/aromatic N) is 1. The van der Waals surface area contributed by atoms with Gasteiger partial charge in [-0.2, -0.15) is 0 Å². The molecule has 4 rings (SSSR count). The van der Waals surface area contributed by atoms with E-state index in [2.05, 4.69) is 29.3 Å². The molecular formula is C20H25NO2. The molecule has 0 saturated carbocycles. The average Bonchev–Trinajstić information content (AvgIpc) is 2.93. The van der Waals surface area contributed by atoms with Crippen LogP contribution < -0.4 is 4.74 Å². The van der Waals surface area contributed by atoms with E-state index in [1.165, 1.54) is 17.6 Å². The number of pyridine rings is 1. The molecule has 2 atom stereocenters. The summed E-state index contributed by atoms with van der Waals surface area (Å²) >= 11 is 0. The zero-order valence-electron chi connectivity index (χ0n) is 14.4. The molecule has 3 heterocycles. The van der Waals surface area contributed by atoms with Crippen LogP contribution in [0.2, 0.25) is 0 Å². The molecule has 0 amide bonds. The first-order valence-electron chi connectivity index (χ1n) is 8.55. The smallest absolute Gasteiger partial charge is 0.130 e. The molecule has 1 unspecified atom stereocenters. The van der Waals surface area contributed by atoms with Gasteiger partial charge in [-0.15, -0.1) is 0 Å². The van der Waals surface area contributed by atoms with Crippen LogP contribution >= 0.6 is 0 Å². The van der Waals surface area contributed by atoms with E-state index < -0.39 is 0 Å². The zero-order chi connectivity index (χ0) is 16.4. The van der Waals surface area contributed by atoms with Crippen molar-refractivity contribution in [2.75, 3.05) is 7.11 Å². The number of hydrogen-bond acceptors (Lipinski definition) is 3. The van der Waals surface area contributed by atoms with E-state index >= 15 is 0 Å². The first-order chi connectivity index (χ1) is 11.2. The van der Waals surface area contributed by atoms with E-state index in [0.29, 0.717) is 12.2 Å². The zero-order valence-corrected chi connectivity index (χ0v) is 14.4. The molecule has 2 bridgehead atoms. The summed E-state index contributed by atoms with van der Waals surface area (Å²) in [5, 5.41) is 1.08. The second-order valence-electron chi connectivity index (χ2n) is 5.97. The minimum Gasteiger partial charge on any atom is -0.496 e. The van der Waals surface area contributed by atoms with Crippen LogP contribution in [0, 0.1) is 6.92 Å². The second-order valence-corrected chi connectivity index (χ2v) is 5.97. The van der Waals surface area contributed by atoms with E-state index in [4.69, 9.17) is 9.47 Å². The SMILES string of the molecule is CC.COc1cc(C)nc2ccc(C3=C[C@@H]4CCC(C3)O4)cc12. The summed E-state index contributed by atoms with van der Waals surface area (Å²) in [6.07, 6.45) is 6.37. The lowest BCUT2D eigenvalue weighted by molar-refractivity contribution is 0.0671. The van der Waals surface area contributed by atoms with E-state index in [9.17, 15) is 0 Å². The lowest BCUT2D eigenvalue weighted by Gasteiger charge is -2.21. The summed E-state index contributed by atoms with van der Waals surface area (Å²) in [5.41, 5.74) is 4.64. The van der Waals surface area contributed by atoms with Crippen LogP contribution in [-0.2, 0) is 4.74 Å². The molecule has 0 spiro atoms. The minimum absolute atomic E-state index is 0.312. The minimum atomic E-state index is 0.312. The Morgan fingerprint density at radius 2 is 2.00 bits per heavy atom. The number of aryl methyl sites for hydroxylation is 1. The Bertz CT molecular complexity index is 736. The molecule has 1 aromatic heterocycles. The summed E-state index contributed by atoms with van der Waals surface area (Å²) in [7, 11) is 1.72. The van der Waals surface area contributed by atoms with Crippen molar-refractivity contribution in [2.45, 2.75) is 52.2 Å². The van der Waals surface area contributed by atoms with Crippen LogP contribution in [0.25, 0.3) is 16.5 Å². The maximum absolute atomic E-state index is 5.88. The highest BCUT2D eigenvalue weighted by atomic mass is 16.5. The van der Waals surface area contributed by atoms with Crippen LogP contribution in [0.15, 0.2) is 30.3 Å². The number of rotatable bonds is 2. The molecule has 122 valence electrons. The highest BCUT2D eigenvalue weighted by Crippen LogP contribution is 2.37. The van der Waals surface area contributed by atoms with Gasteiger partial charge in [0.2, 0.25) is 0 Å². The standard InChI is InChI=1S/C18H19NO2.C2H6/c1-11-7-18(20-2)16-10-12(3-6-17(16)19-11)13-8-14-4-5-15(9-13)21-14;1-2/h3,6-8,10,14-15H,4-5,9H2,1-2H3;1-2H3/t14-,15?;/m0./s1. The van der Waals surface area contributed by atoms with Gasteiger partial charge in [-0.25, -0.2) is 0 Å². The van der Waals surface area contributed by atoms with E-state index in [1.54, 1.807) is 7.11 Å². The van der Waals surface area contributed by atoms with Crippen LogP contribution in [0.1, 0.15) is 44.4 Å². The lowest BCUT2D eigenvalue weighted by Crippen LogP contribution is -2.15. The fourth-order valence-electron chi connectivity index (χ4n) is 3.45. The van der Waals surface area contributed by atoms with Crippen molar-refractivity contribution in [3.8, 4) is 5.75 Å². The Labute approximate surface area is 138 Å². The fourth-order valence-corrected chi connectivity index (χ4v) is 3.45. The molecule has 2 aromatic rings. The second kappa shape index (κ2) is 6.71. The predicted octanol–water partition coefficient (Wildman–Crippen LogP) is 4.91. The summed E-state index contributed by atoms with van der Waals surface area (Å²) in [6.45, 7) is 5.99. The van der Waals surface area contributed by atoms with Gasteiger partial charge in [-0.05, 0) is 49.5 Å². The summed E-state index contributed by atoms with van der Waals surface area (Å²) < 4.78 is 11.4. The van der Waals surface area contributed by atoms with Crippen molar-refractivity contribution in [2.24, 2.45) is 0 Å². The van der Waals surface area contributed by atoms with Gasteiger partial charge in [0.05, 0.1) is 24.8 Å². The fraction of sp³-hybridized carbons (Fsp3) is 0.450. The number of methoxy groups -OCH3 is 1. The van der Waals surface area contributed by atoms with Gasteiger partial charge in [0.15, 0.2) is 0 Å². The molecule has 0 aliphatic carbocycles. The highest BCUT2D eigenvalue weighted by Gasteiger charge is 2.29. The van der Waals surface area contributed by atoms with Crippen LogP contribution in [0.3, 0.4) is 0 Å². The molecular weight excluding hydrogens is 286 g/mol. The van der Waals surface area contributed by atoms with Crippen LogP contribution in [-0.4, -0.2) is 24.3 Å². The van der Waals surface area contributed by atoms with Gasteiger partial charge < -0.3 is 9.47 Å². The lowest BCUT2D eigenvalue weighted by atomic mass is 9.96. The molecule has 23 heavy (non-hydrogen) atoms. The van der Waals surface area contributed by atoms with Gasteiger partial charge in [0.25, 0.3) is 0 Å². The third-order valence-electron chi connectivity index (χ3n) is 4.46. The number of benzene rings is 1. The van der Waals surface area contributed by atoms with Crippen molar-refractivity contribution in [1.82, 2.24) is 4.98 Å². The van der Waals surface area contributed by atoms with Crippen molar-refractivity contribution < 1.29 is 9.47 Å². The Balaban J connectivity index is 0.000000753. The number of fused-ring (bicyclic) bond motifs is 3. The summed E-state index contributed by atoms with van der Waals surface area (Å²) in [6, 6.07) is 8.47. The van der Waals surface area contributed by atoms with E-state index in [-0.39, 0.29) is 0 Å². The maximum Gasteiger partial charge on any atom is 0.130 e. The van der Waals surface area contributed by atoms with Crippen molar-refractivity contribution in [1.29, 1.82) is 0 Å². The quantitative estimate of drug-likeness (QED) is 0.789. The van der Waals surface area contributed by atoms with Gasteiger partial charge in [0.1, 0.15) is 5.75 Å². The Morgan fingerprint density at radius 1 is 1.17 bits per heavy atom. The number of aromatic nitrogens is 1. The Morgan fingerprint density at radius 3 is 2.74 bits per heavy atom. The predicted molar refractivity (Wildman–Crippen MR) is 94.9 cm³/mol. The van der Waals surface area contributed by atoms with Gasteiger partial charge in [0, 0.05) is 17.1 Å². The average molecular weight is 311 g/mol. The van der Waals surface area contributed by atoms with E-state index in [1.807, 2.05) is 26.8 Å². The van der Waals surface area contributed by atoms with Crippen LogP contribution in [0.4, 0.5) is 0 Å². The molecule has 2 aliphatic heterocycles. The Kier molecular flexibility index (Phi) is 4.67. The van der Waals surface area contributed by atoms with Crippen molar-refractivity contribution in [3.63, 3.8) is 0 Å². The topological polar surface area (TPSA) is 31.4 Å². The number of hydrogen-bond donors (Lipinski definition) is 0. The van der Waals surface area contributed by atoms with Gasteiger partial charge in [-0.3, -0.25) is 4.98 Å². The summed E-state index contributed by atoms with van der Waals surface area (Å²) in [5.74, 6) is 0.898. The van der Waals surface area contributed by atoms with Gasteiger partial charge in [-0.1, -0.05) is 26.0 Å². The third kappa shape index (κ3) is 3.11. The third-order valence-corrected chi connectivity index (χ3v) is 4.46. The van der Waals surface area contributed by atoms with Crippen molar-refractivity contribution >= 4 is 16.5 Å². The molecule has 3 heteroatoms. The number of ether oxygens (including phenoxy) is 2. The molecule has 3 nitrogen and oxygen atoms in total. The molecule has 2 aliphatic rings. The molecule has 1 aromatic carbocycles. The van der Waals surface area contributed by atoms with E-state index in [0.717, 1.165) is 35.2 Å². The first kappa shape index (κ1) is 16.0. The molecule has 1 saturated heterocycles. The maximum atomic E-state index is 5.88. The largest absolute Gasteiger partial charge is 0.496 e. The monoisotopic (exact) mass is 311 g/mol. The summed E-state index contributed by atoms with van der Waals surface area (Å²) in [4.78, 5) is 4.59. The van der Waals surface area contributed by atoms with Gasteiger partial charge >= 0.3 is 0 Å². The Hall–Kier alpha value is -1.87. The molecule has 0 N–H and O–H groups in total. The first-order valence-corrected chi connectivity index (χ1v) is 8.55. The van der Waals surface area contributed by atoms with Crippen molar-refractivity contribution in [3.05, 3.63) is 41.6 Å². The molecule has 1 fully saturated rings. The molecule has 0 radical (unpaired) electrons. The normalized spacial score (nSPS) is 22.3.